The van der Waals surface area contributed by atoms with E-state index in [1.165, 1.54) is 12.4 Å². The third-order valence-corrected chi connectivity index (χ3v) is 3.86. The number of hydrogen-bond acceptors (Lipinski definition) is 9. The summed E-state index contributed by atoms with van der Waals surface area (Å²) in [6.07, 6.45) is 3.03. The fourth-order valence-corrected chi connectivity index (χ4v) is 2.49. The highest BCUT2D eigenvalue weighted by atomic mass is 16.5. The Kier molecular flexibility index (Phi) is 5.33. The molecule has 9 heteroatoms. The molecule has 0 aromatic carbocycles. The van der Waals surface area contributed by atoms with E-state index < -0.39 is 0 Å². The summed E-state index contributed by atoms with van der Waals surface area (Å²) in [5.41, 5.74) is 1.96. The topological polar surface area (TPSA) is 112 Å². The lowest BCUT2D eigenvalue weighted by Gasteiger charge is -2.30. The molecule has 9 nitrogen and oxygen atoms in total. The number of aryl methyl sites for hydroxylation is 1. The van der Waals surface area contributed by atoms with Crippen LogP contribution in [0.2, 0.25) is 0 Å². The van der Waals surface area contributed by atoms with Gasteiger partial charge in [0.15, 0.2) is 11.5 Å². The fourth-order valence-electron chi connectivity index (χ4n) is 2.49. The predicted octanol–water partition coefficient (Wildman–Crippen LogP) is 0.933. The second kappa shape index (κ2) is 7.83. The van der Waals surface area contributed by atoms with E-state index in [0.29, 0.717) is 18.2 Å². The first kappa shape index (κ1) is 17.0. The van der Waals surface area contributed by atoms with Crippen LogP contribution in [-0.4, -0.2) is 64.5 Å². The van der Waals surface area contributed by atoms with Crippen LogP contribution < -0.4 is 10.6 Å². The van der Waals surface area contributed by atoms with Crippen LogP contribution in [0.3, 0.4) is 0 Å². The van der Waals surface area contributed by atoms with Crippen LogP contribution in [0.25, 0.3) is 0 Å². The summed E-state index contributed by atoms with van der Waals surface area (Å²) >= 11 is 0. The molecule has 0 bridgehead atoms. The molecule has 3 rings (SSSR count). The van der Waals surface area contributed by atoms with Gasteiger partial charge in [0, 0.05) is 25.7 Å². The van der Waals surface area contributed by atoms with Crippen LogP contribution in [0.1, 0.15) is 11.4 Å². The smallest absolute Gasteiger partial charge is 0.158 e. The van der Waals surface area contributed by atoms with Gasteiger partial charge in [0.05, 0.1) is 36.5 Å². The van der Waals surface area contributed by atoms with E-state index in [2.05, 4.69) is 42.7 Å². The number of nitriles is 1. The summed E-state index contributed by atoms with van der Waals surface area (Å²) in [7, 11) is 2.09. The highest BCUT2D eigenvalue weighted by Crippen LogP contribution is 2.18. The van der Waals surface area contributed by atoms with Crippen molar-refractivity contribution >= 4 is 17.3 Å². The van der Waals surface area contributed by atoms with Crippen molar-refractivity contribution in [3.8, 4) is 6.07 Å². The molecule has 0 aliphatic carbocycles. The lowest BCUT2D eigenvalue weighted by atomic mass is 10.2. The summed E-state index contributed by atoms with van der Waals surface area (Å²) in [4.78, 5) is 10.3. The molecular formula is C16H20N8O. The van der Waals surface area contributed by atoms with E-state index in [9.17, 15) is 0 Å². The Bertz CT molecular complexity index is 758. The normalized spacial score (nSPS) is 17.7. The standard InChI is InChI=1S/C16H20N8O/c1-11-14(19-8-13-10-24(2)3-4-25-13)5-15(23-22-11)21-16-9-18-12(6-17)7-20-16/h5,7,9,13H,3-4,8,10H2,1-2H3,(H2,19,20,21,23). The van der Waals surface area contributed by atoms with Crippen molar-refractivity contribution in [2.24, 2.45) is 0 Å². The van der Waals surface area contributed by atoms with E-state index in [-0.39, 0.29) is 11.8 Å². The SMILES string of the molecule is Cc1nnc(Nc2cnc(C#N)cn2)cc1NCC1CN(C)CCO1. The molecule has 1 atom stereocenters. The van der Waals surface area contributed by atoms with Crippen LogP contribution in [-0.2, 0) is 4.74 Å². The Morgan fingerprint density at radius 3 is 2.92 bits per heavy atom. The zero-order chi connectivity index (χ0) is 17.6. The third kappa shape index (κ3) is 4.59. The van der Waals surface area contributed by atoms with Gasteiger partial charge < -0.3 is 20.3 Å². The number of aromatic nitrogens is 4. The first-order chi connectivity index (χ1) is 12.1. The van der Waals surface area contributed by atoms with E-state index in [1.54, 1.807) is 0 Å². The summed E-state index contributed by atoms with van der Waals surface area (Å²) in [5.74, 6) is 1.05. The monoisotopic (exact) mass is 340 g/mol. The van der Waals surface area contributed by atoms with Gasteiger partial charge >= 0.3 is 0 Å². The Morgan fingerprint density at radius 2 is 2.20 bits per heavy atom. The van der Waals surface area contributed by atoms with Gasteiger partial charge in [0.2, 0.25) is 0 Å². The highest BCUT2D eigenvalue weighted by molar-refractivity contribution is 5.59. The van der Waals surface area contributed by atoms with Crippen LogP contribution >= 0.6 is 0 Å². The predicted molar refractivity (Wildman–Crippen MR) is 92.5 cm³/mol. The number of rotatable bonds is 5. The second-order valence-electron chi connectivity index (χ2n) is 5.89. The van der Waals surface area contributed by atoms with E-state index in [1.807, 2.05) is 19.1 Å². The number of hydrogen-bond donors (Lipinski definition) is 2. The second-order valence-corrected chi connectivity index (χ2v) is 5.89. The minimum Gasteiger partial charge on any atom is -0.381 e. The van der Waals surface area contributed by atoms with Crippen LogP contribution in [0.5, 0.6) is 0 Å². The molecule has 0 saturated carbocycles. The molecule has 1 aliphatic heterocycles. The Hall–Kier alpha value is -2.83. The van der Waals surface area contributed by atoms with Crippen molar-refractivity contribution in [3.05, 3.63) is 29.8 Å². The number of morpholine rings is 1. The Balaban J connectivity index is 1.64. The molecule has 2 N–H and O–H groups in total. The maximum absolute atomic E-state index is 8.75. The average molecular weight is 340 g/mol. The number of nitrogens with one attached hydrogen (secondary N) is 2. The molecule has 0 amide bonds. The summed E-state index contributed by atoms with van der Waals surface area (Å²) < 4.78 is 5.76. The van der Waals surface area contributed by atoms with Gasteiger partial charge in [-0.25, -0.2) is 9.97 Å². The quantitative estimate of drug-likeness (QED) is 0.821. The van der Waals surface area contributed by atoms with Gasteiger partial charge in [-0.3, -0.25) is 0 Å². The van der Waals surface area contributed by atoms with Crippen molar-refractivity contribution in [1.29, 1.82) is 5.26 Å². The zero-order valence-electron chi connectivity index (χ0n) is 14.2. The van der Waals surface area contributed by atoms with Crippen LogP contribution in [0.15, 0.2) is 18.5 Å². The number of nitrogens with zero attached hydrogens (tertiary/aromatic N) is 6. The molecule has 1 unspecified atom stereocenters. The lowest BCUT2D eigenvalue weighted by Crippen LogP contribution is -2.43. The lowest BCUT2D eigenvalue weighted by molar-refractivity contribution is -0.0117. The maximum Gasteiger partial charge on any atom is 0.158 e. The number of likely N-dealkylation sites (N-methyl/N-ethyl adjacent to an activating group) is 1. The maximum atomic E-state index is 8.75. The average Bonchev–Trinajstić information content (AvgIpc) is 2.63. The first-order valence-electron chi connectivity index (χ1n) is 8.01. The minimum atomic E-state index is 0.145. The van der Waals surface area contributed by atoms with Gasteiger partial charge in [0.1, 0.15) is 11.9 Å². The fraction of sp³-hybridized carbons (Fsp3) is 0.438. The molecule has 0 radical (unpaired) electrons. The highest BCUT2D eigenvalue weighted by Gasteiger charge is 2.17. The molecule has 2 aromatic heterocycles. The molecule has 1 aliphatic rings. The third-order valence-electron chi connectivity index (χ3n) is 3.86. The molecule has 1 fully saturated rings. The number of ether oxygens (including phenoxy) is 1. The van der Waals surface area contributed by atoms with Crippen molar-refractivity contribution in [2.45, 2.75) is 13.0 Å². The van der Waals surface area contributed by atoms with E-state index >= 15 is 0 Å². The first-order valence-corrected chi connectivity index (χ1v) is 8.01. The van der Waals surface area contributed by atoms with Crippen molar-refractivity contribution in [3.63, 3.8) is 0 Å². The summed E-state index contributed by atoms with van der Waals surface area (Å²) in [6.45, 7) is 5.21. The van der Waals surface area contributed by atoms with E-state index in [0.717, 1.165) is 31.1 Å². The molecule has 130 valence electrons. The summed E-state index contributed by atoms with van der Waals surface area (Å²) in [5, 5.41) is 23.4. The molecule has 1 saturated heterocycles. The van der Waals surface area contributed by atoms with Crippen LogP contribution in [0, 0.1) is 18.3 Å². The summed E-state index contributed by atoms with van der Waals surface area (Å²) in [6, 6.07) is 3.80. The largest absolute Gasteiger partial charge is 0.381 e. The molecule has 0 spiro atoms. The van der Waals surface area contributed by atoms with Gasteiger partial charge in [-0.15, -0.1) is 5.10 Å². The Morgan fingerprint density at radius 1 is 1.32 bits per heavy atom. The molecule has 25 heavy (non-hydrogen) atoms. The molecule has 2 aromatic rings. The van der Waals surface area contributed by atoms with Crippen molar-refractivity contribution in [2.75, 3.05) is 43.9 Å². The van der Waals surface area contributed by atoms with Crippen molar-refractivity contribution < 1.29 is 4.74 Å². The molecular weight excluding hydrogens is 320 g/mol. The van der Waals surface area contributed by atoms with Gasteiger partial charge in [-0.1, -0.05) is 0 Å². The van der Waals surface area contributed by atoms with Gasteiger partial charge in [0.25, 0.3) is 0 Å². The minimum absolute atomic E-state index is 0.145. The zero-order valence-corrected chi connectivity index (χ0v) is 14.2. The number of anilines is 3. The van der Waals surface area contributed by atoms with Crippen molar-refractivity contribution in [1.82, 2.24) is 25.1 Å². The van der Waals surface area contributed by atoms with Crippen LogP contribution in [0.4, 0.5) is 17.3 Å². The molecule has 3 heterocycles. The van der Waals surface area contributed by atoms with E-state index in [4.69, 9.17) is 10.00 Å². The Labute approximate surface area is 146 Å². The van der Waals surface area contributed by atoms with Gasteiger partial charge in [-0.05, 0) is 14.0 Å². The van der Waals surface area contributed by atoms with Gasteiger partial charge in [-0.2, -0.15) is 10.4 Å².